The van der Waals surface area contributed by atoms with E-state index in [2.05, 4.69) is 27.3 Å². The number of benzene rings is 1. The monoisotopic (exact) mass is 365 g/mol. The van der Waals surface area contributed by atoms with Crippen LogP contribution in [0.25, 0.3) is 10.9 Å². The van der Waals surface area contributed by atoms with Gasteiger partial charge in [0, 0.05) is 23.8 Å². The summed E-state index contributed by atoms with van der Waals surface area (Å²) < 4.78 is 7.29. The lowest BCUT2D eigenvalue weighted by Crippen LogP contribution is -2.31. The fourth-order valence-corrected chi connectivity index (χ4v) is 3.51. The van der Waals surface area contributed by atoms with Crippen LogP contribution < -0.4 is 10.1 Å². The van der Waals surface area contributed by atoms with Crippen molar-refractivity contribution < 1.29 is 9.53 Å². The molecule has 7 heteroatoms. The van der Waals surface area contributed by atoms with Gasteiger partial charge < -0.3 is 15.0 Å². The molecule has 3 aromatic rings. The van der Waals surface area contributed by atoms with Crippen LogP contribution in [0.3, 0.4) is 0 Å². The van der Waals surface area contributed by atoms with Crippen LogP contribution in [0.1, 0.15) is 29.2 Å². The summed E-state index contributed by atoms with van der Waals surface area (Å²) in [6.45, 7) is 2.13. The minimum Gasteiger partial charge on any atom is -0.497 e. The van der Waals surface area contributed by atoms with Gasteiger partial charge >= 0.3 is 0 Å². The average Bonchev–Trinajstić information content (AvgIpc) is 3.16. The van der Waals surface area contributed by atoms with Crippen molar-refractivity contribution in [2.75, 3.05) is 32.6 Å². The predicted octanol–water partition coefficient (Wildman–Crippen LogP) is 2.96. The van der Waals surface area contributed by atoms with Gasteiger partial charge in [0.05, 0.1) is 24.2 Å². The molecule has 0 saturated carbocycles. The Kier molecular flexibility index (Phi) is 4.77. The van der Waals surface area contributed by atoms with Crippen LogP contribution in [0, 0.1) is 0 Å². The highest BCUT2D eigenvalue weighted by Gasteiger charge is 2.20. The van der Waals surface area contributed by atoms with E-state index in [9.17, 15) is 4.79 Å². The van der Waals surface area contributed by atoms with E-state index in [-0.39, 0.29) is 5.91 Å². The molecule has 1 N–H and O–H groups in total. The van der Waals surface area contributed by atoms with Crippen molar-refractivity contribution >= 4 is 22.6 Å². The number of likely N-dealkylation sites (tertiary alicyclic amines) is 1. The molecule has 27 heavy (non-hydrogen) atoms. The van der Waals surface area contributed by atoms with Gasteiger partial charge in [-0.05, 0) is 51.2 Å². The van der Waals surface area contributed by atoms with Gasteiger partial charge in [-0.3, -0.25) is 14.5 Å². The molecule has 0 bridgehead atoms. The van der Waals surface area contributed by atoms with Crippen molar-refractivity contribution in [2.24, 2.45) is 0 Å². The number of carbonyl (C=O) groups is 1. The van der Waals surface area contributed by atoms with Crippen molar-refractivity contribution in [3.8, 4) is 5.75 Å². The summed E-state index contributed by atoms with van der Waals surface area (Å²) >= 11 is 0. The summed E-state index contributed by atoms with van der Waals surface area (Å²) in [6, 6.07) is 9.55. The molecule has 7 nitrogen and oxygen atoms in total. The molecule has 2 aromatic heterocycles. The number of amides is 1. The van der Waals surface area contributed by atoms with E-state index in [1.807, 2.05) is 35.1 Å². The first-order chi connectivity index (χ1) is 13.1. The van der Waals surface area contributed by atoms with Crippen LogP contribution in [0.2, 0.25) is 0 Å². The highest BCUT2D eigenvalue weighted by molar-refractivity contribution is 6.12. The molecule has 3 heterocycles. The number of hydrogen-bond acceptors (Lipinski definition) is 5. The molecule has 1 amide bonds. The van der Waals surface area contributed by atoms with E-state index in [1.54, 1.807) is 19.4 Å². The van der Waals surface area contributed by atoms with Gasteiger partial charge in [0.25, 0.3) is 5.91 Å². The van der Waals surface area contributed by atoms with Gasteiger partial charge in [-0.2, -0.15) is 5.10 Å². The topological polar surface area (TPSA) is 72.3 Å². The molecule has 0 atom stereocenters. The van der Waals surface area contributed by atoms with E-state index < -0.39 is 0 Å². The average molecular weight is 365 g/mol. The minimum atomic E-state index is -0.244. The highest BCUT2D eigenvalue weighted by Crippen LogP contribution is 2.25. The van der Waals surface area contributed by atoms with Crippen LogP contribution in [0.15, 0.2) is 42.7 Å². The smallest absolute Gasteiger partial charge is 0.259 e. The summed E-state index contributed by atoms with van der Waals surface area (Å²) in [6.07, 6.45) is 5.75. The molecule has 0 aliphatic carbocycles. The highest BCUT2D eigenvalue weighted by atomic mass is 16.5. The Hall–Kier alpha value is -2.93. The quantitative estimate of drug-likeness (QED) is 0.770. The number of pyridine rings is 1. The molecule has 1 fully saturated rings. The second kappa shape index (κ2) is 7.36. The van der Waals surface area contributed by atoms with Crippen molar-refractivity contribution in [1.29, 1.82) is 0 Å². The lowest BCUT2D eigenvalue weighted by molar-refractivity contribution is 0.102. The predicted molar refractivity (Wildman–Crippen MR) is 104 cm³/mol. The van der Waals surface area contributed by atoms with Crippen molar-refractivity contribution in [3.05, 3.63) is 48.3 Å². The molecular weight excluding hydrogens is 342 g/mol. The van der Waals surface area contributed by atoms with E-state index in [1.165, 1.54) is 0 Å². The second-order valence-electron chi connectivity index (χ2n) is 6.92. The van der Waals surface area contributed by atoms with Gasteiger partial charge in [-0.15, -0.1) is 0 Å². The number of fused-ring (bicyclic) bond motifs is 1. The fraction of sp³-hybridized carbons (Fsp3) is 0.350. The third-order valence-corrected chi connectivity index (χ3v) is 5.07. The van der Waals surface area contributed by atoms with Crippen LogP contribution >= 0.6 is 0 Å². The van der Waals surface area contributed by atoms with E-state index in [0.29, 0.717) is 28.7 Å². The molecule has 0 spiro atoms. The Labute approximate surface area is 157 Å². The number of nitrogens with zero attached hydrogens (tertiary/aromatic N) is 4. The van der Waals surface area contributed by atoms with E-state index >= 15 is 0 Å². The zero-order valence-corrected chi connectivity index (χ0v) is 15.6. The third-order valence-electron chi connectivity index (χ3n) is 5.07. The Morgan fingerprint density at radius 3 is 2.85 bits per heavy atom. The van der Waals surface area contributed by atoms with Gasteiger partial charge in [0.2, 0.25) is 0 Å². The Bertz CT molecular complexity index is 960. The first-order valence-electron chi connectivity index (χ1n) is 9.12. The Morgan fingerprint density at radius 2 is 2.07 bits per heavy atom. The second-order valence-corrected chi connectivity index (χ2v) is 6.92. The number of aromatic nitrogens is 3. The first kappa shape index (κ1) is 17.5. The molecule has 1 aromatic carbocycles. The maximum atomic E-state index is 12.9. The van der Waals surface area contributed by atoms with Crippen molar-refractivity contribution in [3.63, 3.8) is 0 Å². The summed E-state index contributed by atoms with van der Waals surface area (Å²) in [5.41, 5.74) is 1.12. The number of methoxy groups -OCH3 is 1. The van der Waals surface area contributed by atoms with Gasteiger partial charge in [0.1, 0.15) is 5.75 Å². The maximum Gasteiger partial charge on any atom is 0.259 e. The molecule has 1 saturated heterocycles. The molecule has 0 radical (unpaired) electrons. The lowest BCUT2D eigenvalue weighted by atomic mass is 10.1. The summed E-state index contributed by atoms with van der Waals surface area (Å²) in [5.74, 6) is 0.926. The van der Waals surface area contributed by atoms with E-state index in [4.69, 9.17) is 4.74 Å². The van der Waals surface area contributed by atoms with Crippen LogP contribution in [-0.2, 0) is 0 Å². The van der Waals surface area contributed by atoms with Gasteiger partial charge in [-0.25, -0.2) is 0 Å². The van der Waals surface area contributed by atoms with Crippen molar-refractivity contribution in [1.82, 2.24) is 19.7 Å². The summed E-state index contributed by atoms with van der Waals surface area (Å²) in [4.78, 5) is 19.5. The number of ether oxygens (including phenoxy) is 1. The first-order valence-corrected chi connectivity index (χ1v) is 9.12. The van der Waals surface area contributed by atoms with Gasteiger partial charge in [-0.1, -0.05) is 6.07 Å². The molecule has 0 unspecified atom stereocenters. The number of hydrogen-bond donors (Lipinski definition) is 1. The maximum absolute atomic E-state index is 12.9. The normalized spacial score (nSPS) is 15.8. The summed E-state index contributed by atoms with van der Waals surface area (Å²) in [5, 5.41) is 8.31. The number of carbonyl (C=O) groups excluding carboxylic acids is 1. The Balaban J connectivity index is 1.55. The zero-order chi connectivity index (χ0) is 18.8. The van der Waals surface area contributed by atoms with Gasteiger partial charge in [0.15, 0.2) is 5.82 Å². The third kappa shape index (κ3) is 3.64. The number of anilines is 1. The Morgan fingerprint density at radius 1 is 1.26 bits per heavy atom. The molecule has 140 valence electrons. The van der Waals surface area contributed by atoms with Crippen LogP contribution in [0.4, 0.5) is 5.82 Å². The van der Waals surface area contributed by atoms with Crippen molar-refractivity contribution in [2.45, 2.75) is 18.9 Å². The van der Waals surface area contributed by atoms with Crippen LogP contribution in [0.5, 0.6) is 5.75 Å². The number of nitrogens with one attached hydrogen (secondary N) is 1. The number of piperidine rings is 1. The van der Waals surface area contributed by atoms with Crippen LogP contribution in [-0.4, -0.2) is 52.8 Å². The largest absolute Gasteiger partial charge is 0.497 e. The SMILES string of the molecule is COc1cc(C(=O)Nc2ccn(C3CCN(C)CC3)n2)c2ncccc2c1. The minimum absolute atomic E-state index is 0.244. The zero-order valence-electron chi connectivity index (χ0n) is 15.6. The number of rotatable bonds is 4. The standard InChI is InChI=1S/C20H23N5O2/c1-24-9-5-15(6-10-24)25-11-7-18(23-25)22-20(26)17-13-16(27-2)12-14-4-3-8-21-19(14)17/h3-4,7-8,11-13,15H,5-6,9-10H2,1-2H3,(H,22,23,26). The van der Waals surface area contributed by atoms with E-state index in [0.717, 1.165) is 31.3 Å². The molecule has 1 aliphatic rings. The molecule has 4 rings (SSSR count). The lowest BCUT2D eigenvalue weighted by Gasteiger charge is -2.28. The molecular formula is C20H23N5O2. The summed E-state index contributed by atoms with van der Waals surface area (Å²) in [7, 11) is 3.72. The fourth-order valence-electron chi connectivity index (χ4n) is 3.51. The molecule has 1 aliphatic heterocycles.